The SMILES string of the molecule is O=c1ccn(-c2ccccc2)nc1-c1ccncn1. The van der Waals surface area contributed by atoms with Crippen molar-refractivity contribution >= 4 is 0 Å². The van der Waals surface area contributed by atoms with E-state index in [0.717, 1.165) is 5.69 Å². The van der Waals surface area contributed by atoms with Crippen LogP contribution in [0.2, 0.25) is 0 Å². The molecule has 0 aliphatic rings. The van der Waals surface area contributed by atoms with Crippen LogP contribution in [0.1, 0.15) is 0 Å². The average Bonchev–Trinajstić information content (AvgIpc) is 2.49. The smallest absolute Gasteiger partial charge is 0.209 e. The molecule has 0 aliphatic carbocycles. The highest BCUT2D eigenvalue weighted by Crippen LogP contribution is 2.09. The number of para-hydroxylation sites is 1. The molecule has 0 saturated carbocycles. The normalized spacial score (nSPS) is 10.3. The Morgan fingerprint density at radius 2 is 1.84 bits per heavy atom. The zero-order chi connectivity index (χ0) is 13.1. The summed E-state index contributed by atoms with van der Waals surface area (Å²) in [4.78, 5) is 19.8. The number of aromatic nitrogens is 4. The Morgan fingerprint density at radius 3 is 2.58 bits per heavy atom. The van der Waals surface area contributed by atoms with E-state index in [4.69, 9.17) is 0 Å². The second-order valence-corrected chi connectivity index (χ2v) is 3.90. The largest absolute Gasteiger partial charge is 0.287 e. The van der Waals surface area contributed by atoms with Crippen molar-refractivity contribution in [3.63, 3.8) is 0 Å². The van der Waals surface area contributed by atoms with Crippen LogP contribution in [0.15, 0.2) is 66.0 Å². The van der Waals surface area contributed by atoms with Gasteiger partial charge in [0.2, 0.25) is 5.43 Å². The van der Waals surface area contributed by atoms with Crippen molar-refractivity contribution in [3.05, 3.63) is 71.4 Å². The predicted octanol–water partition coefficient (Wildman–Crippen LogP) is 1.69. The van der Waals surface area contributed by atoms with Crippen LogP contribution in [0, 0.1) is 0 Å². The highest BCUT2D eigenvalue weighted by molar-refractivity contribution is 5.52. The van der Waals surface area contributed by atoms with Gasteiger partial charge in [0.05, 0.1) is 11.4 Å². The second kappa shape index (κ2) is 4.81. The van der Waals surface area contributed by atoms with E-state index in [0.29, 0.717) is 11.4 Å². The lowest BCUT2D eigenvalue weighted by Gasteiger charge is -2.06. The van der Waals surface area contributed by atoms with Gasteiger partial charge in [-0.15, -0.1) is 0 Å². The summed E-state index contributed by atoms with van der Waals surface area (Å²) in [6.07, 6.45) is 4.63. The molecule has 0 fully saturated rings. The molecule has 0 N–H and O–H groups in total. The molecule has 0 aliphatic heterocycles. The molecule has 92 valence electrons. The molecule has 5 nitrogen and oxygen atoms in total. The lowest BCUT2D eigenvalue weighted by Crippen LogP contribution is -2.13. The van der Waals surface area contributed by atoms with Crippen molar-refractivity contribution in [2.45, 2.75) is 0 Å². The van der Waals surface area contributed by atoms with Crippen LogP contribution in [0.4, 0.5) is 0 Å². The summed E-state index contributed by atoms with van der Waals surface area (Å²) in [5, 5.41) is 4.33. The molecule has 2 heterocycles. The van der Waals surface area contributed by atoms with E-state index in [2.05, 4.69) is 15.1 Å². The molecule has 0 bridgehead atoms. The van der Waals surface area contributed by atoms with Crippen LogP contribution in [-0.4, -0.2) is 19.7 Å². The number of hydrogen-bond donors (Lipinski definition) is 0. The van der Waals surface area contributed by atoms with Crippen molar-refractivity contribution in [3.8, 4) is 17.1 Å². The highest BCUT2D eigenvalue weighted by Gasteiger charge is 2.07. The molecular weight excluding hydrogens is 240 g/mol. The average molecular weight is 250 g/mol. The first kappa shape index (κ1) is 11.3. The summed E-state index contributed by atoms with van der Waals surface area (Å²) in [7, 11) is 0. The molecule has 1 aromatic carbocycles. The first-order valence-corrected chi connectivity index (χ1v) is 5.76. The molecule has 0 unspecified atom stereocenters. The fourth-order valence-electron chi connectivity index (χ4n) is 1.74. The number of benzene rings is 1. The molecule has 0 atom stereocenters. The zero-order valence-electron chi connectivity index (χ0n) is 9.97. The molecule has 3 rings (SSSR count). The maximum Gasteiger partial charge on any atom is 0.209 e. The number of rotatable bonds is 2. The minimum Gasteiger partial charge on any atom is -0.287 e. The van der Waals surface area contributed by atoms with Crippen LogP contribution in [0.25, 0.3) is 17.1 Å². The van der Waals surface area contributed by atoms with E-state index >= 15 is 0 Å². The van der Waals surface area contributed by atoms with Gasteiger partial charge in [-0.3, -0.25) is 4.79 Å². The van der Waals surface area contributed by atoms with Crippen molar-refractivity contribution in [2.24, 2.45) is 0 Å². The van der Waals surface area contributed by atoms with Gasteiger partial charge >= 0.3 is 0 Å². The van der Waals surface area contributed by atoms with Gasteiger partial charge in [-0.05, 0) is 18.2 Å². The molecule has 0 spiro atoms. The molecule has 0 radical (unpaired) electrons. The summed E-state index contributed by atoms with van der Waals surface area (Å²) < 4.78 is 1.65. The standard InChI is InChI=1S/C14H10N4O/c19-13-7-9-18(11-4-2-1-3-5-11)17-14(13)12-6-8-15-10-16-12/h1-10H. The summed E-state index contributed by atoms with van der Waals surface area (Å²) >= 11 is 0. The molecule has 3 aromatic rings. The zero-order valence-corrected chi connectivity index (χ0v) is 9.97. The van der Waals surface area contributed by atoms with Gasteiger partial charge in [-0.25, -0.2) is 14.6 Å². The first-order chi connectivity index (χ1) is 9.34. The number of hydrogen-bond acceptors (Lipinski definition) is 4. The van der Waals surface area contributed by atoms with Gasteiger partial charge in [0.15, 0.2) is 5.69 Å². The highest BCUT2D eigenvalue weighted by atomic mass is 16.1. The third kappa shape index (κ3) is 2.26. The Bertz CT molecular complexity index is 738. The Hall–Kier alpha value is -2.82. The van der Waals surface area contributed by atoms with Crippen LogP contribution < -0.4 is 5.43 Å². The molecule has 2 aromatic heterocycles. The van der Waals surface area contributed by atoms with E-state index in [9.17, 15) is 4.79 Å². The molecule has 19 heavy (non-hydrogen) atoms. The summed E-state index contributed by atoms with van der Waals surface area (Å²) in [6, 6.07) is 12.7. The third-order valence-electron chi connectivity index (χ3n) is 2.65. The van der Waals surface area contributed by atoms with Crippen molar-refractivity contribution in [2.75, 3.05) is 0 Å². The van der Waals surface area contributed by atoms with Gasteiger partial charge in [0, 0.05) is 18.5 Å². The predicted molar refractivity (Wildman–Crippen MR) is 70.9 cm³/mol. The van der Waals surface area contributed by atoms with Crippen molar-refractivity contribution < 1.29 is 0 Å². The van der Waals surface area contributed by atoms with E-state index in [-0.39, 0.29) is 5.43 Å². The van der Waals surface area contributed by atoms with Crippen LogP contribution in [0.3, 0.4) is 0 Å². The quantitative estimate of drug-likeness (QED) is 0.694. The Kier molecular flexibility index (Phi) is 2.86. The monoisotopic (exact) mass is 250 g/mol. The molecule has 5 heteroatoms. The minimum absolute atomic E-state index is 0.161. The van der Waals surface area contributed by atoms with Crippen LogP contribution >= 0.6 is 0 Å². The maximum absolute atomic E-state index is 11.9. The van der Waals surface area contributed by atoms with Gasteiger partial charge in [0.25, 0.3) is 0 Å². The third-order valence-corrected chi connectivity index (χ3v) is 2.65. The topological polar surface area (TPSA) is 60.7 Å². The van der Waals surface area contributed by atoms with E-state index in [1.807, 2.05) is 30.3 Å². The second-order valence-electron chi connectivity index (χ2n) is 3.90. The fourth-order valence-corrected chi connectivity index (χ4v) is 1.74. The Balaban J connectivity index is 2.15. The first-order valence-electron chi connectivity index (χ1n) is 5.76. The Labute approximate surface area is 109 Å². The van der Waals surface area contributed by atoms with E-state index < -0.39 is 0 Å². The van der Waals surface area contributed by atoms with Gasteiger partial charge < -0.3 is 0 Å². The van der Waals surface area contributed by atoms with E-state index in [1.165, 1.54) is 12.4 Å². The van der Waals surface area contributed by atoms with Crippen molar-refractivity contribution in [1.29, 1.82) is 0 Å². The van der Waals surface area contributed by atoms with Gasteiger partial charge in [-0.2, -0.15) is 5.10 Å². The van der Waals surface area contributed by atoms with Gasteiger partial charge in [0.1, 0.15) is 6.33 Å². The van der Waals surface area contributed by atoms with Crippen LogP contribution in [0.5, 0.6) is 0 Å². The summed E-state index contributed by atoms with van der Waals surface area (Å²) in [5.74, 6) is 0. The summed E-state index contributed by atoms with van der Waals surface area (Å²) in [6.45, 7) is 0. The molecular formula is C14H10N4O. The maximum atomic E-state index is 11.9. The lowest BCUT2D eigenvalue weighted by atomic mass is 10.2. The summed E-state index contributed by atoms with van der Waals surface area (Å²) in [5.41, 5.74) is 1.56. The minimum atomic E-state index is -0.161. The van der Waals surface area contributed by atoms with E-state index in [1.54, 1.807) is 23.1 Å². The van der Waals surface area contributed by atoms with Crippen LogP contribution in [-0.2, 0) is 0 Å². The number of nitrogens with zero attached hydrogens (tertiary/aromatic N) is 4. The van der Waals surface area contributed by atoms with Crippen molar-refractivity contribution in [1.82, 2.24) is 19.7 Å². The lowest BCUT2D eigenvalue weighted by molar-refractivity contribution is 0.839. The molecule has 0 saturated heterocycles. The Morgan fingerprint density at radius 1 is 1.00 bits per heavy atom. The van der Waals surface area contributed by atoms with Gasteiger partial charge in [-0.1, -0.05) is 18.2 Å². The fraction of sp³-hybridized carbons (Fsp3) is 0. The molecule has 0 amide bonds.